The Morgan fingerprint density at radius 2 is 0.870 bits per heavy atom. The predicted octanol–water partition coefficient (Wildman–Crippen LogP) is 9.39. The fourth-order valence-corrected chi connectivity index (χ4v) is 7.10. The van der Waals surface area contributed by atoms with Crippen molar-refractivity contribution in [3.63, 3.8) is 0 Å². The highest BCUT2D eigenvalue weighted by Crippen LogP contribution is 2.47. The average molecular weight is 589 g/mol. The lowest BCUT2D eigenvalue weighted by molar-refractivity contribution is 0.467. The first-order chi connectivity index (χ1) is 22.7. The van der Waals surface area contributed by atoms with Crippen LogP contribution in [0.4, 0.5) is 0 Å². The summed E-state index contributed by atoms with van der Waals surface area (Å²) in [7, 11) is 0. The molecule has 7 aromatic rings. The standard InChI is InChI=1S/C43H29BO2/c1-28-13-11-12-20-34(28)36-27-35(31-18-9-4-10-19-31)42-41-43(36)46-40-26-33(30-16-7-3-8-17-30)22-24-38(40)44(41)37-23-21-32(25-39(37)45-42)29-14-5-2-6-15-29/h2-27H,1H3. The van der Waals surface area contributed by atoms with Crippen LogP contribution in [0.25, 0.3) is 44.5 Å². The summed E-state index contributed by atoms with van der Waals surface area (Å²) in [5.74, 6) is 3.49. The van der Waals surface area contributed by atoms with E-state index in [2.05, 4.69) is 165 Å². The monoisotopic (exact) mass is 588 g/mol. The quantitative estimate of drug-likeness (QED) is 0.191. The average Bonchev–Trinajstić information content (AvgIpc) is 3.12. The van der Waals surface area contributed by atoms with Gasteiger partial charge in [-0.05, 0) is 75.0 Å². The van der Waals surface area contributed by atoms with Crippen molar-refractivity contribution < 1.29 is 9.47 Å². The molecule has 0 bridgehead atoms. The van der Waals surface area contributed by atoms with Crippen molar-refractivity contribution >= 4 is 23.1 Å². The van der Waals surface area contributed by atoms with Crippen molar-refractivity contribution in [2.45, 2.75) is 6.92 Å². The molecule has 0 atom stereocenters. The molecule has 2 nitrogen and oxygen atoms in total. The van der Waals surface area contributed by atoms with Crippen LogP contribution in [0.1, 0.15) is 5.56 Å². The molecule has 2 heterocycles. The number of rotatable bonds is 4. The lowest BCUT2D eigenvalue weighted by Crippen LogP contribution is -2.57. The minimum absolute atomic E-state index is 0.0569. The second kappa shape index (κ2) is 10.7. The van der Waals surface area contributed by atoms with E-state index >= 15 is 0 Å². The Hall–Kier alpha value is -5.80. The predicted molar refractivity (Wildman–Crippen MR) is 191 cm³/mol. The zero-order chi connectivity index (χ0) is 30.6. The van der Waals surface area contributed by atoms with Gasteiger partial charge in [0, 0.05) is 16.6 Å². The lowest BCUT2D eigenvalue weighted by atomic mass is 9.34. The van der Waals surface area contributed by atoms with E-state index in [1.165, 1.54) is 16.7 Å². The SMILES string of the molecule is Cc1ccccc1-c1cc(-c2ccccc2)c2c3c1Oc1cc(-c4ccccc4)ccc1B3c1ccc(-c3ccccc3)cc1O2. The van der Waals surface area contributed by atoms with E-state index in [0.29, 0.717) is 0 Å². The molecule has 46 heavy (non-hydrogen) atoms. The summed E-state index contributed by atoms with van der Waals surface area (Å²) in [6.45, 7) is 2.11. The van der Waals surface area contributed by atoms with E-state index in [1.54, 1.807) is 0 Å². The third-order valence-corrected chi connectivity index (χ3v) is 9.36. The van der Waals surface area contributed by atoms with Crippen molar-refractivity contribution in [1.82, 2.24) is 0 Å². The van der Waals surface area contributed by atoms with Gasteiger partial charge in [-0.1, -0.05) is 140 Å². The molecule has 216 valence electrons. The molecule has 0 spiro atoms. The van der Waals surface area contributed by atoms with Gasteiger partial charge in [-0.3, -0.25) is 0 Å². The summed E-state index contributed by atoms with van der Waals surface area (Å²) in [5, 5.41) is 0. The molecule has 0 radical (unpaired) electrons. The minimum Gasteiger partial charge on any atom is -0.458 e. The summed E-state index contributed by atoms with van der Waals surface area (Å²) in [5.41, 5.74) is 13.6. The zero-order valence-electron chi connectivity index (χ0n) is 25.4. The molecular weight excluding hydrogens is 559 g/mol. The number of hydrogen-bond acceptors (Lipinski definition) is 2. The van der Waals surface area contributed by atoms with E-state index in [9.17, 15) is 0 Å². The molecule has 0 fully saturated rings. The number of benzene rings is 7. The summed E-state index contributed by atoms with van der Waals surface area (Å²) in [6, 6.07) is 55.8. The van der Waals surface area contributed by atoms with Gasteiger partial charge in [0.25, 0.3) is 6.71 Å². The lowest BCUT2D eigenvalue weighted by Gasteiger charge is -2.36. The zero-order valence-corrected chi connectivity index (χ0v) is 25.4. The maximum Gasteiger partial charge on any atom is 0.260 e. The molecule has 3 heteroatoms. The smallest absolute Gasteiger partial charge is 0.260 e. The van der Waals surface area contributed by atoms with Crippen molar-refractivity contribution in [3.8, 4) is 67.5 Å². The van der Waals surface area contributed by atoms with E-state index < -0.39 is 0 Å². The molecule has 0 unspecified atom stereocenters. The van der Waals surface area contributed by atoms with Crippen LogP contribution in [0, 0.1) is 6.92 Å². The topological polar surface area (TPSA) is 18.5 Å². The maximum atomic E-state index is 7.05. The van der Waals surface area contributed by atoms with Gasteiger partial charge in [-0.25, -0.2) is 0 Å². The Balaban J connectivity index is 1.34. The molecule has 0 saturated heterocycles. The van der Waals surface area contributed by atoms with E-state index in [0.717, 1.165) is 72.8 Å². The summed E-state index contributed by atoms with van der Waals surface area (Å²) < 4.78 is 14.1. The molecule has 9 rings (SSSR count). The van der Waals surface area contributed by atoms with Crippen molar-refractivity contribution in [2.24, 2.45) is 0 Å². The van der Waals surface area contributed by atoms with Crippen LogP contribution < -0.4 is 25.9 Å². The summed E-state index contributed by atoms with van der Waals surface area (Å²) in [4.78, 5) is 0. The Kier molecular flexibility index (Phi) is 6.17. The number of fused-ring (bicyclic) bond motifs is 4. The second-order valence-corrected chi connectivity index (χ2v) is 12.1. The molecule has 0 N–H and O–H groups in total. The highest BCUT2D eigenvalue weighted by Gasteiger charge is 2.43. The normalized spacial score (nSPS) is 12.3. The molecule has 7 aromatic carbocycles. The first-order valence-corrected chi connectivity index (χ1v) is 15.8. The van der Waals surface area contributed by atoms with Crippen molar-refractivity contribution in [1.29, 1.82) is 0 Å². The first kappa shape index (κ1) is 26.6. The molecule has 0 saturated carbocycles. The van der Waals surface area contributed by atoms with Gasteiger partial charge in [-0.15, -0.1) is 0 Å². The first-order valence-electron chi connectivity index (χ1n) is 15.8. The number of ether oxygens (including phenoxy) is 2. The second-order valence-electron chi connectivity index (χ2n) is 12.1. The minimum atomic E-state index is -0.0569. The van der Waals surface area contributed by atoms with E-state index in [1.807, 2.05) is 0 Å². The van der Waals surface area contributed by atoms with Gasteiger partial charge in [0.1, 0.15) is 23.0 Å². The van der Waals surface area contributed by atoms with Gasteiger partial charge in [0.05, 0.1) is 0 Å². The number of hydrogen-bond donors (Lipinski definition) is 0. The number of aryl methyl sites for hydroxylation is 1. The van der Waals surface area contributed by atoms with Crippen LogP contribution in [-0.2, 0) is 0 Å². The van der Waals surface area contributed by atoms with Crippen molar-refractivity contribution in [2.75, 3.05) is 0 Å². The molecule has 2 aliphatic rings. The van der Waals surface area contributed by atoms with Crippen LogP contribution in [0.2, 0.25) is 0 Å². The van der Waals surface area contributed by atoms with Crippen LogP contribution in [0.15, 0.2) is 158 Å². The highest BCUT2D eigenvalue weighted by atomic mass is 16.5. The summed E-state index contributed by atoms with van der Waals surface area (Å²) >= 11 is 0. The van der Waals surface area contributed by atoms with Crippen molar-refractivity contribution in [3.05, 3.63) is 163 Å². The van der Waals surface area contributed by atoms with Crippen LogP contribution >= 0.6 is 0 Å². The fourth-order valence-electron chi connectivity index (χ4n) is 7.10. The van der Waals surface area contributed by atoms with Crippen LogP contribution in [-0.4, -0.2) is 6.71 Å². The van der Waals surface area contributed by atoms with E-state index in [4.69, 9.17) is 9.47 Å². The Labute approximate surface area is 269 Å². The van der Waals surface area contributed by atoms with E-state index in [-0.39, 0.29) is 6.71 Å². The largest absolute Gasteiger partial charge is 0.458 e. The van der Waals surface area contributed by atoms with Gasteiger partial charge in [0.15, 0.2) is 0 Å². The molecule has 2 aliphatic heterocycles. The van der Waals surface area contributed by atoms with Gasteiger partial charge in [-0.2, -0.15) is 0 Å². The van der Waals surface area contributed by atoms with Gasteiger partial charge in [0.2, 0.25) is 0 Å². The fraction of sp³-hybridized carbons (Fsp3) is 0.0233. The third-order valence-electron chi connectivity index (χ3n) is 9.36. The maximum absolute atomic E-state index is 7.05. The molecular formula is C43H29BO2. The van der Waals surface area contributed by atoms with Crippen LogP contribution in [0.5, 0.6) is 23.0 Å². The molecule has 0 aliphatic carbocycles. The Bertz CT molecular complexity index is 2250. The third kappa shape index (κ3) is 4.28. The Morgan fingerprint density at radius 3 is 1.41 bits per heavy atom. The highest BCUT2D eigenvalue weighted by molar-refractivity contribution is 6.98. The Morgan fingerprint density at radius 1 is 0.391 bits per heavy atom. The summed E-state index contributed by atoms with van der Waals surface area (Å²) in [6.07, 6.45) is 0. The molecule has 0 amide bonds. The van der Waals surface area contributed by atoms with Gasteiger partial charge >= 0.3 is 0 Å². The van der Waals surface area contributed by atoms with Gasteiger partial charge < -0.3 is 9.47 Å². The molecule has 0 aromatic heterocycles. The van der Waals surface area contributed by atoms with Crippen LogP contribution in [0.3, 0.4) is 0 Å².